The summed E-state index contributed by atoms with van der Waals surface area (Å²) in [5.41, 5.74) is 1.74. The zero-order chi connectivity index (χ0) is 19.4. The molecule has 138 valence electrons. The molecule has 3 aromatic rings. The summed E-state index contributed by atoms with van der Waals surface area (Å²) < 4.78 is 5.16. The highest BCUT2D eigenvalue weighted by Crippen LogP contribution is 2.30. The van der Waals surface area contributed by atoms with Gasteiger partial charge in [-0.05, 0) is 31.2 Å². The Bertz CT molecular complexity index is 979. The van der Waals surface area contributed by atoms with Crippen molar-refractivity contribution in [1.29, 1.82) is 0 Å². The van der Waals surface area contributed by atoms with Crippen molar-refractivity contribution >= 4 is 51.5 Å². The van der Waals surface area contributed by atoms with Crippen LogP contribution in [0.5, 0.6) is 0 Å². The number of amides is 1. The minimum absolute atomic E-state index is 0.320. The lowest BCUT2D eigenvalue weighted by Crippen LogP contribution is -2.29. The number of hydrogen-bond acceptors (Lipinski definition) is 6. The van der Waals surface area contributed by atoms with E-state index in [-0.39, 0.29) is 0 Å². The predicted molar refractivity (Wildman–Crippen MR) is 105 cm³/mol. The molecule has 6 nitrogen and oxygen atoms in total. The van der Waals surface area contributed by atoms with Gasteiger partial charge in [-0.1, -0.05) is 29.3 Å². The summed E-state index contributed by atoms with van der Waals surface area (Å²) in [5.74, 6) is -1.08. The Morgan fingerprint density at radius 2 is 1.89 bits per heavy atom. The first-order valence-corrected chi connectivity index (χ1v) is 9.40. The zero-order valence-electron chi connectivity index (χ0n) is 14.0. The molecule has 3 rings (SSSR count). The Balaban J connectivity index is 1.63. The van der Waals surface area contributed by atoms with E-state index >= 15 is 0 Å². The molecule has 0 aliphatic heterocycles. The van der Waals surface area contributed by atoms with E-state index in [0.717, 1.165) is 5.56 Å². The number of hydrogen-bond donors (Lipinski definition) is 1. The molecule has 0 bridgehead atoms. The summed E-state index contributed by atoms with van der Waals surface area (Å²) in [6, 6.07) is 8.18. The van der Waals surface area contributed by atoms with Crippen molar-refractivity contribution in [1.82, 2.24) is 9.97 Å². The van der Waals surface area contributed by atoms with Crippen LogP contribution in [0.4, 0.5) is 5.13 Å². The second-order valence-corrected chi connectivity index (χ2v) is 7.11. The van der Waals surface area contributed by atoms with Gasteiger partial charge in [0, 0.05) is 23.3 Å². The monoisotopic (exact) mass is 421 g/mol. The van der Waals surface area contributed by atoms with Crippen molar-refractivity contribution in [2.24, 2.45) is 0 Å². The van der Waals surface area contributed by atoms with Crippen molar-refractivity contribution < 1.29 is 14.3 Å². The van der Waals surface area contributed by atoms with Gasteiger partial charge in [0.25, 0.3) is 5.91 Å². The molecule has 0 saturated heterocycles. The summed E-state index contributed by atoms with van der Waals surface area (Å²) in [5, 5.41) is 5.67. The van der Waals surface area contributed by atoms with E-state index in [4.69, 9.17) is 27.9 Å². The molecule has 27 heavy (non-hydrogen) atoms. The topological polar surface area (TPSA) is 81.2 Å². The van der Waals surface area contributed by atoms with Crippen molar-refractivity contribution in [3.8, 4) is 11.3 Å². The quantitative estimate of drug-likeness (QED) is 0.603. The summed E-state index contributed by atoms with van der Waals surface area (Å²) in [6.45, 7) is 1.49. The first-order chi connectivity index (χ1) is 12.9. The molecule has 0 aliphatic carbocycles. The van der Waals surface area contributed by atoms with Gasteiger partial charge in [-0.25, -0.2) is 9.78 Å². The highest BCUT2D eigenvalue weighted by molar-refractivity contribution is 7.14. The first kappa shape index (κ1) is 19.3. The van der Waals surface area contributed by atoms with E-state index in [2.05, 4.69) is 15.3 Å². The number of rotatable bonds is 5. The molecule has 1 atom stereocenters. The standard InChI is InChI=1S/C18H13Cl2N3O3S/c1-10(26-17(25)11-4-6-21-7-5-11)16(24)23-18-22-15(9-27-18)12-2-3-13(19)14(20)8-12/h2-10H,1H3,(H,22,23,24). The van der Waals surface area contributed by atoms with E-state index in [1.54, 1.807) is 23.6 Å². The Morgan fingerprint density at radius 1 is 1.15 bits per heavy atom. The van der Waals surface area contributed by atoms with Crippen LogP contribution >= 0.6 is 34.5 Å². The Hall–Kier alpha value is -2.48. The first-order valence-electron chi connectivity index (χ1n) is 7.77. The fraction of sp³-hybridized carbons (Fsp3) is 0.111. The molecule has 2 aromatic heterocycles. The second-order valence-electron chi connectivity index (χ2n) is 5.44. The highest BCUT2D eigenvalue weighted by atomic mass is 35.5. The maximum Gasteiger partial charge on any atom is 0.339 e. The summed E-state index contributed by atoms with van der Waals surface area (Å²) in [6.07, 6.45) is 1.96. The molecule has 1 aromatic carbocycles. The third-order valence-corrected chi connectivity index (χ3v) is 5.02. The van der Waals surface area contributed by atoms with Crippen molar-refractivity contribution in [2.75, 3.05) is 5.32 Å². The van der Waals surface area contributed by atoms with Gasteiger partial charge < -0.3 is 4.74 Å². The molecule has 1 unspecified atom stereocenters. The van der Waals surface area contributed by atoms with Crippen LogP contribution in [0.2, 0.25) is 10.0 Å². The molecular formula is C18H13Cl2N3O3S. The van der Waals surface area contributed by atoms with Crippen molar-refractivity contribution in [3.05, 3.63) is 63.7 Å². The maximum atomic E-state index is 12.3. The van der Waals surface area contributed by atoms with E-state index in [1.165, 1.54) is 42.8 Å². The van der Waals surface area contributed by atoms with Crippen LogP contribution < -0.4 is 5.32 Å². The molecule has 9 heteroatoms. The van der Waals surface area contributed by atoms with Crippen LogP contribution in [0.3, 0.4) is 0 Å². The van der Waals surface area contributed by atoms with E-state index in [1.807, 2.05) is 0 Å². The van der Waals surface area contributed by atoms with E-state index in [0.29, 0.717) is 26.4 Å². The molecule has 0 radical (unpaired) electrons. The number of esters is 1. The van der Waals surface area contributed by atoms with Gasteiger partial charge in [0.2, 0.25) is 0 Å². The fourth-order valence-electron chi connectivity index (χ4n) is 2.10. The van der Waals surface area contributed by atoms with Crippen LogP contribution in [-0.4, -0.2) is 27.9 Å². The number of nitrogens with one attached hydrogen (secondary N) is 1. The van der Waals surface area contributed by atoms with Gasteiger partial charge in [0.05, 0.1) is 21.3 Å². The summed E-state index contributed by atoms with van der Waals surface area (Å²) in [4.78, 5) is 32.4. The molecule has 1 N–H and O–H groups in total. The molecular weight excluding hydrogens is 409 g/mol. The molecule has 0 saturated carbocycles. The fourth-order valence-corrected chi connectivity index (χ4v) is 3.12. The predicted octanol–water partition coefficient (Wildman–Crippen LogP) is 4.70. The van der Waals surface area contributed by atoms with Gasteiger partial charge >= 0.3 is 5.97 Å². The largest absolute Gasteiger partial charge is 0.449 e. The highest BCUT2D eigenvalue weighted by Gasteiger charge is 2.20. The van der Waals surface area contributed by atoms with Gasteiger partial charge in [-0.15, -0.1) is 11.3 Å². The number of pyridine rings is 1. The Labute approximate surface area is 169 Å². The van der Waals surface area contributed by atoms with E-state index < -0.39 is 18.0 Å². The number of carbonyl (C=O) groups excluding carboxylic acids is 2. The number of halogens is 2. The van der Waals surface area contributed by atoms with Crippen LogP contribution in [0, 0.1) is 0 Å². The normalized spacial score (nSPS) is 11.7. The van der Waals surface area contributed by atoms with Crippen LogP contribution in [0.15, 0.2) is 48.1 Å². The number of aromatic nitrogens is 2. The molecule has 0 spiro atoms. The maximum absolute atomic E-state index is 12.3. The molecule has 0 fully saturated rings. The van der Waals surface area contributed by atoms with Gasteiger partial charge in [0.15, 0.2) is 11.2 Å². The molecule has 0 aliphatic rings. The number of carbonyl (C=O) groups is 2. The summed E-state index contributed by atoms with van der Waals surface area (Å²) >= 11 is 13.2. The molecule has 1 amide bonds. The van der Waals surface area contributed by atoms with Crippen LogP contribution in [-0.2, 0) is 9.53 Å². The second kappa shape index (κ2) is 8.47. The average Bonchev–Trinajstić information content (AvgIpc) is 3.13. The summed E-state index contributed by atoms with van der Waals surface area (Å²) in [7, 11) is 0. The SMILES string of the molecule is CC(OC(=O)c1ccncc1)C(=O)Nc1nc(-c2ccc(Cl)c(Cl)c2)cs1. The van der Waals surface area contributed by atoms with Gasteiger partial charge in [-0.2, -0.15) is 0 Å². The number of nitrogens with zero attached hydrogens (tertiary/aromatic N) is 2. The van der Waals surface area contributed by atoms with Crippen molar-refractivity contribution in [3.63, 3.8) is 0 Å². The lowest BCUT2D eigenvalue weighted by molar-refractivity contribution is -0.123. The van der Waals surface area contributed by atoms with Crippen LogP contribution in [0.25, 0.3) is 11.3 Å². The number of thiazole rings is 1. The number of ether oxygens (including phenoxy) is 1. The lowest BCUT2D eigenvalue weighted by atomic mass is 10.2. The minimum atomic E-state index is -0.983. The number of benzene rings is 1. The minimum Gasteiger partial charge on any atom is -0.449 e. The third kappa shape index (κ3) is 4.82. The van der Waals surface area contributed by atoms with Crippen LogP contribution in [0.1, 0.15) is 17.3 Å². The zero-order valence-corrected chi connectivity index (χ0v) is 16.3. The van der Waals surface area contributed by atoms with Gasteiger partial charge in [0.1, 0.15) is 0 Å². The average molecular weight is 422 g/mol. The van der Waals surface area contributed by atoms with Crippen molar-refractivity contribution in [2.45, 2.75) is 13.0 Å². The third-order valence-electron chi connectivity index (χ3n) is 3.52. The Kier molecular flexibility index (Phi) is 6.05. The smallest absolute Gasteiger partial charge is 0.339 e. The Morgan fingerprint density at radius 3 is 2.59 bits per heavy atom. The number of anilines is 1. The van der Waals surface area contributed by atoms with Gasteiger partial charge in [-0.3, -0.25) is 15.1 Å². The molecule has 2 heterocycles. The van der Waals surface area contributed by atoms with E-state index in [9.17, 15) is 9.59 Å². The lowest BCUT2D eigenvalue weighted by Gasteiger charge is -2.12.